The summed E-state index contributed by atoms with van der Waals surface area (Å²) in [6, 6.07) is 6.81. The van der Waals surface area contributed by atoms with E-state index in [2.05, 4.69) is 6.92 Å². The van der Waals surface area contributed by atoms with Gasteiger partial charge in [0.2, 0.25) is 5.82 Å². The number of nitrogens with two attached hydrogens (primary N) is 1. The lowest BCUT2D eigenvalue weighted by Crippen LogP contribution is -2.15. The number of benzene rings is 2. The summed E-state index contributed by atoms with van der Waals surface area (Å²) < 4.78 is 35.4. The third-order valence-electron chi connectivity index (χ3n) is 6.27. The van der Waals surface area contributed by atoms with Crippen molar-refractivity contribution in [1.82, 2.24) is 0 Å². The van der Waals surface area contributed by atoms with Crippen LogP contribution in [-0.2, 0) is 0 Å². The summed E-state index contributed by atoms with van der Waals surface area (Å²) in [4.78, 5) is 0. The molecule has 0 amide bonds. The molecule has 1 saturated carbocycles. The standard InChI is InChI=1S/C25H33F2NO/c1-4-5-6-7-18-8-10-19(11-9-18)21-12-13-22(24(27)23(21)26)29-25-16(2)14-20(28)15-17(25)3/h12-15,18-19H,4-11,28H2,1-3H3. The zero-order chi connectivity index (χ0) is 21.0. The first-order valence-electron chi connectivity index (χ1n) is 10.9. The van der Waals surface area contributed by atoms with Crippen LogP contribution in [0.15, 0.2) is 24.3 Å². The van der Waals surface area contributed by atoms with Crippen LogP contribution in [0.1, 0.15) is 80.9 Å². The number of hydrogen-bond acceptors (Lipinski definition) is 2. The van der Waals surface area contributed by atoms with Gasteiger partial charge in [-0.1, -0.05) is 38.7 Å². The second-order valence-electron chi connectivity index (χ2n) is 8.58. The van der Waals surface area contributed by atoms with Crippen molar-refractivity contribution in [1.29, 1.82) is 0 Å². The van der Waals surface area contributed by atoms with E-state index in [1.807, 2.05) is 13.8 Å². The lowest BCUT2D eigenvalue weighted by molar-refractivity contribution is 0.297. The lowest BCUT2D eigenvalue weighted by atomic mass is 9.77. The lowest BCUT2D eigenvalue weighted by Gasteiger charge is -2.29. The Labute approximate surface area is 173 Å². The zero-order valence-electron chi connectivity index (χ0n) is 17.9. The van der Waals surface area contributed by atoms with Crippen LogP contribution >= 0.6 is 0 Å². The Hall–Kier alpha value is -2.10. The van der Waals surface area contributed by atoms with Crippen LogP contribution in [0, 0.1) is 31.4 Å². The summed E-state index contributed by atoms with van der Waals surface area (Å²) in [5.74, 6) is -0.370. The van der Waals surface area contributed by atoms with Crippen molar-refractivity contribution in [2.24, 2.45) is 5.92 Å². The predicted octanol–water partition coefficient (Wildman–Crippen LogP) is 7.81. The van der Waals surface area contributed by atoms with Crippen LogP contribution in [-0.4, -0.2) is 0 Å². The Bertz CT molecular complexity index is 818. The fraction of sp³-hybridized carbons (Fsp3) is 0.520. The van der Waals surface area contributed by atoms with Crippen molar-refractivity contribution in [3.05, 3.63) is 52.6 Å². The average Bonchev–Trinajstić information content (AvgIpc) is 2.69. The Balaban J connectivity index is 1.71. The highest BCUT2D eigenvalue weighted by molar-refractivity contribution is 5.53. The Morgan fingerprint density at radius 3 is 2.24 bits per heavy atom. The van der Waals surface area contributed by atoms with Crippen LogP contribution in [0.2, 0.25) is 0 Å². The van der Waals surface area contributed by atoms with Gasteiger partial charge in [-0.25, -0.2) is 4.39 Å². The van der Waals surface area contributed by atoms with Gasteiger partial charge in [0.25, 0.3) is 0 Å². The molecule has 2 nitrogen and oxygen atoms in total. The largest absolute Gasteiger partial charge is 0.454 e. The minimum atomic E-state index is -0.900. The molecule has 0 spiro atoms. The summed E-state index contributed by atoms with van der Waals surface area (Å²) in [7, 11) is 0. The number of aryl methyl sites for hydroxylation is 2. The molecule has 1 aliphatic rings. The van der Waals surface area contributed by atoms with Crippen LogP contribution in [0.25, 0.3) is 0 Å². The third-order valence-corrected chi connectivity index (χ3v) is 6.27. The molecule has 3 rings (SSSR count). The zero-order valence-corrected chi connectivity index (χ0v) is 17.9. The van der Waals surface area contributed by atoms with E-state index in [0.717, 1.165) is 42.7 Å². The molecule has 158 valence electrons. The van der Waals surface area contributed by atoms with Crippen LogP contribution in [0.5, 0.6) is 11.5 Å². The molecule has 0 saturated heterocycles. The summed E-state index contributed by atoms with van der Waals surface area (Å²) in [5.41, 5.74) is 8.55. The van der Waals surface area contributed by atoms with Gasteiger partial charge in [-0.05, 0) is 86.3 Å². The number of hydrogen-bond donors (Lipinski definition) is 1. The third kappa shape index (κ3) is 5.09. The van der Waals surface area contributed by atoms with Crippen molar-refractivity contribution >= 4 is 5.69 Å². The number of nitrogen functional groups attached to an aromatic ring is 1. The molecular weight excluding hydrogens is 368 g/mol. The first-order chi connectivity index (χ1) is 13.9. The number of anilines is 1. The van der Waals surface area contributed by atoms with E-state index in [9.17, 15) is 8.78 Å². The molecule has 1 aliphatic carbocycles. The number of ether oxygens (including phenoxy) is 1. The first-order valence-corrected chi connectivity index (χ1v) is 10.9. The maximum Gasteiger partial charge on any atom is 0.201 e. The molecule has 29 heavy (non-hydrogen) atoms. The smallest absolute Gasteiger partial charge is 0.201 e. The number of unbranched alkanes of at least 4 members (excludes halogenated alkanes) is 2. The molecule has 0 aliphatic heterocycles. The molecule has 4 heteroatoms. The van der Waals surface area contributed by atoms with E-state index in [1.165, 1.54) is 25.7 Å². The molecule has 0 radical (unpaired) electrons. The highest BCUT2D eigenvalue weighted by atomic mass is 19.2. The first kappa shape index (κ1) is 21.6. The van der Waals surface area contributed by atoms with Crippen molar-refractivity contribution in [3.8, 4) is 11.5 Å². The minimum Gasteiger partial charge on any atom is -0.454 e. The topological polar surface area (TPSA) is 35.2 Å². The second kappa shape index (κ2) is 9.60. The Morgan fingerprint density at radius 1 is 0.966 bits per heavy atom. The van der Waals surface area contributed by atoms with Crippen molar-refractivity contribution < 1.29 is 13.5 Å². The van der Waals surface area contributed by atoms with E-state index in [1.54, 1.807) is 24.3 Å². The van der Waals surface area contributed by atoms with Crippen LogP contribution < -0.4 is 10.5 Å². The Kier molecular flexibility index (Phi) is 7.15. The van der Waals surface area contributed by atoms with Crippen molar-refractivity contribution in [2.45, 2.75) is 78.1 Å². The molecule has 2 aromatic rings. The molecule has 0 atom stereocenters. The second-order valence-corrected chi connectivity index (χ2v) is 8.58. The quantitative estimate of drug-likeness (QED) is 0.379. The maximum atomic E-state index is 14.9. The van der Waals surface area contributed by atoms with Gasteiger partial charge in [0.15, 0.2) is 11.6 Å². The maximum absolute atomic E-state index is 14.9. The highest BCUT2D eigenvalue weighted by Crippen LogP contribution is 2.41. The minimum absolute atomic E-state index is 0.0736. The number of halogens is 2. The van der Waals surface area contributed by atoms with Gasteiger partial charge in [0.1, 0.15) is 5.75 Å². The van der Waals surface area contributed by atoms with Crippen LogP contribution in [0.3, 0.4) is 0 Å². The molecule has 2 N–H and O–H groups in total. The normalized spacial score (nSPS) is 19.3. The van der Waals surface area contributed by atoms with E-state index >= 15 is 0 Å². The van der Waals surface area contributed by atoms with Gasteiger partial charge in [0.05, 0.1) is 0 Å². The molecular formula is C25H33F2NO. The molecule has 0 aromatic heterocycles. The number of rotatable bonds is 7. The van der Waals surface area contributed by atoms with E-state index in [4.69, 9.17) is 10.5 Å². The molecule has 0 unspecified atom stereocenters. The monoisotopic (exact) mass is 401 g/mol. The molecule has 0 bridgehead atoms. The SMILES string of the molecule is CCCCCC1CCC(c2ccc(Oc3c(C)cc(N)cc3C)c(F)c2F)CC1. The van der Waals surface area contributed by atoms with E-state index in [0.29, 0.717) is 17.0 Å². The van der Waals surface area contributed by atoms with Crippen molar-refractivity contribution in [2.75, 3.05) is 5.73 Å². The van der Waals surface area contributed by atoms with E-state index < -0.39 is 11.6 Å². The summed E-state index contributed by atoms with van der Waals surface area (Å²) >= 11 is 0. The van der Waals surface area contributed by atoms with Gasteiger partial charge >= 0.3 is 0 Å². The summed E-state index contributed by atoms with van der Waals surface area (Å²) in [5, 5.41) is 0. The molecule has 1 fully saturated rings. The summed E-state index contributed by atoms with van der Waals surface area (Å²) in [6.45, 7) is 5.91. The molecule has 0 heterocycles. The summed E-state index contributed by atoms with van der Waals surface area (Å²) in [6.07, 6.45) is 9.16. The van der Waals surface area contributed by atoms with Gasteiger partial charge in [-0.3, -0.25) is 0 Å². The van der Waals surface area contributed by atoms with Crippen molar-refractivity contribution in [3.63, 3.8) is 0 Å². The molecule has 2 aromatic carbocycles. The average molecular weight is 402 g/mol. The van der Waals surface area contributed by atoms with Gasteiger partial charge in [-0.15, -0.1) is 0 Å². The Morgan fingerprint density at radius 2 is 1.62 bits per heavy atom. The highest BCUT2D eigenvalue weighted by Gasteiger charge is 2.26. The fourth-order valence-electron chi connectivity index (χ4n) is 4.64. The predicted molar refractivity (Wildman–Crippen MR) is 116 cm³/mol. The van der Waals surface area contributed by atoms with Gasteiger partial charge < -0.3 is 10.5 Å². The van der Waals surface area contributed by atoms with Crippen LogP contribution in [0.4, 0.5) is 14.5 Å². The van der Waals surface area contributed by atoms with E-state index in [-0.39, 0.29) is 11.7 Å². The van der Waals surface area contributed by atoms with Gasteiger partial charge in [-0.2, -0.15) is 4.39 Å². The van der Waals surface area contributed by atoms with Gasteiger partial charge in [0, 0.05) is 5.69 Å². The fourth-order valence-corrected chi connectivity index (χ4v) is 4.64.